The van der Waals surface area contributed by atoms with Crippen LogP contribution in [0.2, 0.25) is 0 Å². The zero-order chi connectivity index (χ0) is 29.0. The lowest BCUT2D eigenvalue weighted by molar-refractivity contribution is -0.118. The Morgan fingerprint density at radius 3 is 2.55 bits per heavy atom. The number of nitrogens with one attached hydrogen (secondary N) is 3. The van der Waals surface area contributed by atoms with E-state index >= 15 is 4.39 Å². The van der Waals surface area contributed by atoms with Crippen LogP contribution in [0.3, 0.4) is 0 Å². The number of aromatic nitrogens is 3. The Morgan fingerprint density at radius 2 is 1.82 bits per heavy atom. The van der Waals surface area contributed by atoms with Crippen LogP contribution in [0.15, 0.2) is 53.6 Å². The third-order valence-corrected chi connectivity index (χ3v) is 8.25. The van der Waals surface area contributed by atoms with Crippen molar-refractivity contribution in [3.05, 3.63) is 71.1 Å². The predicted molar refractivity (Wildman–Crippen MR) is 147 cm³/mol. The van der Waals surface area contributed by atoms with Crippen LogP contribution in [0.1, 0.15) is 31.7 Å². The van der Waals surface area contributed by atoms with Crippen molar-refractivity contribution in [2.45, 2.75) is 31.6 Å². The minimum absolute atomic E-state index is 0.00436. The standard InChI is InChI=1S/C26H25F3N6O3S2/c1-14(2)25-34-23(24(39-25)20-9-10-31-26(33-20)32-12-11-30-15(3)36)17-5-4-6-19(22(17)29)35-40(37,38)21-13-16(27)7-8-18(21)28/h4-10,13-14,35H,11-12H2,1-3H3,(H,30,36)(H,31,32,33). The molecule has 2 aromatic carbocycles. The average molecular weight is 591 g/mol. The maximum absolute atomic E-state index is 15.8. The molecule has 210 valence electrons. The molecule has 4 rings (SSSR count). The summed E-state index contributed by atoms with van der Waals surface area (Å²) in [6.07, 6.45) is 1.52. The first-order chi connectivity index (χ1) is 19.0. The number of sulfonamides is 1. The molecule has 0 saturated carbocycles. The van der Waals surface area contributed by atoms with E-state index in [2.05, 4.69) is 25.6 Å². The fraction of sp³-hybridized carbons (Fsp3) is 0.231. The molecule has 2 heterocycles. The second kappa shape index (κ2) is 12.0. The largest absolute Gasteiger partial charge is 0.355 e. The summed E-state index contributed by atoms with van der Waals surface area (Å²) in [6, 6.07) is 7.64. The average Bonchev–Trinajstić information content (AvgIpc) is 3.35. The Labute approximate surface area is 233 Å². The van der Waals surface area contributed by atoms with Crippen molar-refractivity contribution in [3.8, 4) is 21.8 Å². The lowest BCUT2D eigenvalue weighted by atomic mass is 10.1. The topological polar surface area (TPSA) is 126 Å². The second-order valence-electron chi connectivity index (χ2n) is 8.91. The van der Waals surface area contributed by atoms with Gasteiger partial charge in [0.2, 0.25) is 11.9 Å². The number of rotatable bonds is 10. The van der Waals surface area contributed by atoms with Crippen LogP contribution >= 0.6 is 11.3 Å². The van der Waals surface area contributed by atoms with E-state index in [1.165, 1.54) is 42.7 Å². The van der Waals surface area contributed by atoms with Gasteiger partial charge in [-0.1, -0.05) is 19.9 Å². The van der Waals surface area contributed by atoms with Crippen LogP contribution in [0, 0.1) is 17.5 Å². The molecular weight excluding hydrogens is 565 g/mol. The highest BCUT2D eigenvalue weighted by molar-refractivity contribution is 7.92. The first kappa shape index (κ1) is 29.0. The number of carbonyl (C=O) groups excluding carboxylic acids is 1. The van der Waals surface area contributed by atoms with Gasteiger partial charge in [0.25, 0.3) is 10.0 Å². The summed E-state index contributed by atoms with van der Waals surface area (Å²) in [5, 5.41) is 6.36. The highest BCUT2D eigenvalue weighted by Crippen LogP contribution is 2.40. The Morgan fingerprint density at radius 1 is 1.05 bits per heavy atom. The number of thiazole rings is 1. The van der Waals surface area contributed by atoms with E-state index in [1.807, 2.05) is 18.6 Å². The second-order valence-corrected chi connectivity index (χ2v) is 11.6. The molecule has 0 spiro atoms. The summed E-state index contributed by atoms with van der Waals surface area (Å²) in [5.74, 6) is -2.98. The lowest BCUT2D eigenvalue weighted by Crippen LogP contribution is -2.26. The molecule has 1 amide bonds. The van der Waals surface area contributed by atoms with Gasteiger partial charge in [0.05, 0.1) is 27.0 Å². The molecule has 0 unspecified atom stereocenters. The highest BCUT2D eigenvalue weighted by atomic mass is 32.2. The summed E-state index contributed by atoms with van der Waals surface area (Å²) in [5.41, 5.74) is 0.196. The van der Waals surface area contributed by atoms with E-state index < -0.39 is 38.1 Å². The zero-order valence-corrected chi connectivity index (χ0v) is 23.3. The molecule has 14 heteroatoms. The van der Waals surface area contributed by atoms with E-state index in [0.29, 0.717) is 40.8 Å². The minimum Gasteiger partial charge on any atom is -0.355 e. The predicted octanol–water partition coefficient (Wildman–Crippen LogP) is 5.16. The summed E-state index contributed by atoms with van der Waals surface area (Å²) in [4.78, 5) is 24.0. The number of benzene rings is 2. The van der Waals surface area contributed by atoms with Crippen molar-refractivity contribution in [3.63, 3.8) is 0 Å². The highest BCUT2D eigenvalue weighted by Gasteiger charge is 2.25. The Balaban J connectivity index is 1.72. The van der Waals surface area contributed by atoms with Gasteiger partial charge in [0, 0.05) is 37.7 Å². The van der Waals surface area contributed by atoms with E-state index in [9.17, 15) is 22.0 Å². The van der Waals surface area contributed by atoms with Gasteiger partial charge < -0.3 is 10.6 Å². The molecule has 0 fully saturated rings. The Kier molecular flexibility index (Phi) is 8.69. The minimum atomic E-state index is -4.66. The van der Waals surface area contributed by atoms with Crippen molar-refractivity contribution in [2.24, 2.45) is 0 Å². The van der Waals surface area contributed by atoms with Crippen LogP contribution in [0.5, 0.6) is 0 Å². The summed E-state index contributed by atoms with van der Waals surface area (Å²) < 4.78 is 71.2. The van der Waals surface area contributed by atoms with Gasteiger partial charge in [-0.3, -0.25) is 9.52 Å². The summed E-state index contributed by atoms with van der Waals surface area (Å²) in [6.45, 7) is 6.00. The molecule has 0 atom stereocenters. The van der Waals surface area contributed by atoms with E-state index in [1.54, 1.807) is 6.07 Å². The van der Waals surface area contributed by atoms with E-state index in [0.717, 1.165) is 6.07 Å². The van der Waals surface area contributed by atoms with Crippen LogP contribution in [0.4, 0.5) is 24.8 Å². The first-order valence-corrected chi connectivity index (χ1v) is 14.4. The summed E-state index contributed by atoms with van der Waals surface area (Å²) >= 11 is 1.30. The molecule has 4 aromatic rings. The van der Waals surface area contributed by atoms with Crippen LogP contribution < -0.4 is 15.4 Å². The zero-order valence-electron chi connectivity index (χ0n) is 21.6. The van der Waals surface area contributed by atoms with E-state index in [-0.39, 0.29) is 29.0 Å². The third-order valence-electron chi connectivity index (χ3n) is 5.49. The van der Waals surface area contributed by atoms with Gasteiger partial charge in [-0.25, -0.2) is 36.5 Å². The monoisotopic (exact) mass is 590 g/mol. The normalized spacial score (nSPS) is 11.5. The molecule has 40 heavy (non-hydrogen) atoms. The van der Waals surface area contributed by atoms with Gasteiger partial charge in [-0.2, -0.15) is 0 Å². The number of halogens is 3. The molecule has 0 saturated heterocycles. The maximum Gasteiger partial charge on any atom is 0.265 e. The van der Waals surface area contributed by atoms with Gasteiger partial charge in [-0.15, -0.1) is 11.3 Å². The van der Waals surface area contributed by atoms with Crippen molar-refractivity contribution >= 4 is 38.9 Å². The van der Waals surface area contributed by atoms with Crippen LogP contribution in [-0.4, -0.2) is 42.4 Å². The van der Waals surface area contributed by atoms with Crippen LogP contribution in [0.25, 0.3) is 21.8 Å². The first-order valence-electron chi connectivity index (χ1n) is 12.1. The van der Waals surface area contributed by atoms with Crippen molar-refractivity contribution in [2.75, 3.05) is 23.1 Å². The molecular formula is C26H25F3N6O3S2. The molecule has 2 aromatic heterocycles. The Hall–Kier alpha value is -4.04. The Bertz CT molecular complexity index is 1660. The molecule has 0 radical (unpaired) electrons. The lowest BCUT2D eigenvalue weighted by Gasteiger charge is -2.12. The molecule has 0 aliphatic heterocycles. The fourth-order valence-corrected chi connectivity index (χ4v) is 5.80. The molecule has 0 aliphatic rings. The van der Waals surface area contributed by atoms with Gasteiger partial charge in [-0.05, 0) is 36.4 Å². The quantitative estimate of drug-likeness (QED) is 0.218. The molecule has 0 bridgehead atoms. The smallest absolute Gasteiger partial charge is 0.265 e. The number of hydrogen-bond acceptors (Lipinski definition) is 8. The number of amides is 1. The van der Waals surface area contributed by atoms with Gasteiger partial charge >= 0.3 is 0 Å². The summed E-state index contributed by atoms with van der Waals surface area (Å²) in [7, 11) is -4.66. The molecule has 0 aliphatic carbocycles. The number of nitrogens with zero attached hydrogens (tertiary/aromatic N) is 3. The molecule has 9 nitrogen and oxygen atoms in total. The van der Waals surface area contributed by atoms with Crippen molar-refractivity contribution in [1.29, 1.82) is 0 Å². The van der Waals surface area contributed by atoms with Gasteiger partial charge in [0.1, 0.15) is 16.5 Å². The molecule has 3 N–H and O–H groups in total. The third kappa shape index (κ3) is 6.57. The number of hydrogen-bond donors (Lipinski definition) is 3. The van der Waals surface area contributed by atoms with Gasteiger partial charge in [0.15, 0.2) is 5.82 Å². The van der Waals surface area contributed by atoms with Crippen molar-refractivity contribution in [1.82, 2.24) is 20.3 Å². The number of anilines is 2. The SMILES string of the molecule is CC(=O)NCCNc1nccc(-c2sc(C(C)C)nc2-c2cccc(NS(=O)(=O)c3cc(F)ccc3F)c2F)n1. The fourth-order valence-electron chi connectivity index (χ4n) is 3.60. The number of carbonyl (C=O) groups is 1. The maximum atomic E-state index is 15.8. The van der Waals surface area contributed by atoms with Crippen LogP contribution in [-0.2, 0) is 14.8 Å². The van der Waals surface area contributed by atoms with Crippen molar-refractivity contribution < 1.29 is 26.4 Å². The van der Waals surface area contributed by atoms with E-state index in [4.69, 9.17) is 0 Å².